The number of hydrogen-bond acceptors (Lipinski definition) is 5. The molecule has 3 heterocycles. The molecular formula is C22H24N4OS2. The molecule has 1 atom stereocenters. The van der Waals surface area contributed by atoms with Crippen molar-refractivity contribution in [3.05, 3.63) is 58.0 Å². The van der Waals surface area contributed by atoms with E-state index in [9.17, 15) is 4.79 Å². The zero-order valence-electron chi connectivity index (χ0n) is 16.5. The summed E-state index contributed by atoms with van der Waals surface area (Å²) in [6.07, 6.45) is 4.26. The maximum absolute atomic E-state index is 13.1. The second kappa shape index (κ2) is 7.95. The lowest BCUT2D eigenvalue weighted by atomic mass is 9.98. The predicted octanol–water partition coefficient (Wildman–Crippen LogP) is 4.83. The SMILES string of the molecule is CCC1c2ccsc2CCN1C(=O)CSc1nnc(C2CC2)n1-c1ccccc1. The lowest BCUT2D eigenvalue weighted by molar-refractivity contribution is -0.131. The molecule has 0 saturated heterocycles. The van der Waals surface area contributed by atoms with Crippen LogP contribution in [0.3, 0.4) is 0 Å². The molecule has 29 heavy (non-hydrogen) atoms. The highest BCUT2D eigenvalue weighted by atomic mass is 32.2. The van der Waals surface area contributed by atoms with Crippen LogP contribution in [0.15, 0.2) is 46.9 Å². The van der Waals surface area contributed by atoms with E-state index in [2.05, 4.69) is 50.2 Å². The molecule has 2 aromatic heterocycles. The topological polar surface area (TPSA) is 51.0 Å². The molecule has 0 radical (unpaired) electrons. The second-order valence-electron chi connectivity index (χ2n) is 7.63. The van der Waals surface area contributed by atoms with Gasteiger partial charge in [0.05, 0.1) is 11.8 Å². The maximum Gasteiger partial charge on any atom is 0.233 e. The number of amides is 1. The van der Waals surface area contributed by atoms with Gasteiger partial charge in [-0.3, -0.25) is 9.36 Å². The van der Waals surface area contributed by atoms with Crippen LogP contribution in [0, 0.1) is 0 Å². The van der Waals surface area contributed by atoms with Gasteiger partial charge in [-0.15, -0.1) is 21.5 Å². The van der Waals surface area contributed by atoms with Crippen molar-refractivity contribution < 1.29 is 4.79 Å². The number of fused-ring (bicyclic) bond motifs is 1. The number of rotatable bonds is 6. The number of aromatic nitrogens is 3. The van der Waals surface area contributed by atoms with Crippen LogP contribution in [0.2, 0.25) is 0 Å². The van der Waals surface area contributed by atoms with Gasteiger partial charge in [-0.25, -0.2) is 0 Å². The summed E-state index contributed by atoms with van der Waals surface area (Å²) in [7, 11) is 0. The molecule has 150 valence electrons. The second-order valence-corrected chi connectivity index (χ2v) is 9.58. The van der Waals surface area contributed by atoms with Crippen LogP contribution >= 0.6 is 23.1 Å². The molecule has 1 aliphatic heterocycles. The first-order chi connectivity index (χ1) is 14.3. The Morgan fingerprint density at radius 1 is 1.21 bits per heavy atom. The molecule has 1 aromatic carbocycles. The minimum Gasteiger partial charge on any atom is -0.335 e. The molecule has 5 rings (SSSR count). The van der Waals surface area contributed by atoms with Crippen molar-refractivity contribution in [1.82, 2.24) is 19.7 Å². The molecule has 1 amide bonds. The van der Waals surface area contributed by atoms with Gasteiger partial charge in [0, 0.05) is 23.0 Å². The normalized spacial score (nSPS) is 18.7. The summed E-state index contributed by atoms with van der Waals surface area (Å²) in [5.41, 5.74) is 2.41. The van der Waals surface area contributed by atoms with E-state index < -0.39 is 0 Å². The van der Waals surface area contributed by atoms with Crippen LogP contribution in [0.25, 0.3) is 5.69 Å². The first kappa shape index (κ1) is 18.9. The smallest absolute Gasteiger partial charge is 0.233 e. The third kappa shape index (κ3) is 3.62. The number of thioether (sulfide) groups is 1. The quantitative estimate of drug-likeness (QED) is 0.532. The summed E-state index contributed by atoms with van der Waals surface area (Å²) >= 11 is 3.32. The average Bonchev–Trinajstić information content (AvgIpc) is 3.33. The summed E-state index contributed by atoms with van der Waals surface area (Å²) in [4.78, 5) is 16.6. The van der Waals surface area contributed by atoms with Gasteiger partial charge in [-0.2, -0.15) is 0 Å². The Bertz CT molecular complexity index is 1010. The molecule has 1 fully saturated rings. The molecule has 1 unspecified atom stereocenters. The zero-order chi connectivity index (χ0) is 19.8. The standard InChI is InChI=1S/C22H24N4OS2/c1-2-18-17-11-13-28-19(17)10-12-25(18)20(27)14-29-22-24-23-21(15-8-9-15)26(22)16-6-4-3-5-7-16/h3-7,11,13,15,18H,2,8-10,12,14H2,1H3. The highest BCUT2D eigenvalue weighted by Gasteiger charge is 2.33. The van der Waals surface area contributed by atoms with E-state index in [4.69, 9.17) is 0 Å². The summed E-state index contributed by atoms with van der Waals surface area (Å²) in [6.45, 7) is 2.98. The number of carbonyl (C=O) groups is 1. The van der Waals surface area contributed by atoms with E-state index in [1.165, 1.54) is 35.0 Å². The van der Waals surface area contributed by atoms with Crippen LogP contribution in [0.4, 0.5) is 0 Å². The highest BCUT2D eigenvalue weighted by Crippen LogP contribution is 2.41. The number of para-hydroxylation sites is 1. The number of carbonyl (C=O) groups excluding carboxylic acids is 1. The molecule has 2 aliphatic rings. The Labute approximate surface area is 179 Å². The van der Waals surface area contributed by atoms with E-state index in [1.54, 1.807) is 0 Å². The largest absolute Gasteiger partial charge is 0.335 e. The van der Waals surface area contributed by atoms with Crippen LogP contribution in [0.5, 0.6) is 0 Å². The molecule has 5 nitrogen and oxygen atoms in total. The first-order valence-corrected chi connectivity index (χ1v) is 12.1. The Balaban J connectivity index is 1.35. The predicted molar refractivity (Wildman–Crippen MR) is 117 cm³/mol. The van der Waals surface area contributed by atoms with Crippen molar-refractivity contribution in [2.45, 2.75) is 49.7 Å². The van der Waals surface area contributed by atoms with Gasteiger partial charge < -0.3 is 4.90 Å². The molecule has 1 aliphatic carbocycles. The Hall–Kier alpha value is -2.12. The Morgan fingerprint density at radius 3 is 2.79 bits per heavy atom. The summed E-state index contributed by atoms with van der Waals surface area (Å²) in [6, 6.07) is 12.6. The molecule has 1 saturated carbocycles. The summed E-state index contributed by atoms with van der Waals surface area (Å²) in [5, 5.41) is 11.9. The van der Waals surface area contributed by atoms with Crippen LogP contribution < -0.4 is 0 Å². The zero-order valence-corrected chi connectivity index (χ0v) is 18.1. The fourth-order valence-corrected chi connectivity index (χ4v) is 5.92. The van der Waals surface area contributed by atoms with Gasteiger partial charge in [0.2, 0.25) is 5.91 Å². The molecule has 0 spiro atoms. The molecule has 0 bridgehead atoms. The fourth-order valence-electron chi connectivity index (χ4n) is 4.14. The first-order valence-electron chi connectivity index (χ1n) is 10.3. The van der Waals surface area contributed by atoms with Crippen LogP contribution in [-0.2, 0) is 11.2 Å². The van der Waals surface area contributed by atoms with Gasteiger partial charge in [0.1, 0.15) is 5.82 Å². The third-order valence-corrected chi connectivity index (χ3v) is 7.65. The van der Waals surface area contributed by atoms with Gasteiger partial charge >= 0.3 is 0 Å². The van der Waals surface area contributed by atoms with Crippen molar-refractivity contribution in [2.75, 3.05) is 12.3 Å². The van der Waals surface area contributed by atoms with Crippen LogP contribution in [0.1, 0.15) is 54.4 Å². The lowest BCUT2D eigenvalue weighted by Gasteiger charge is -2.35. The van der Waals surface area contributed by atoms with E-state index >= 15 is 0 Å². The lowest BCUT2D eigenvalue weighted by Crippen LogP contribution is -2.40. The van der Waals surface area contributed by atoms with Crippen molar-refractivity contribution in [2.24, 2.45) is 0 Å². The monoisotopic (exact) mass is 424 g/mol. The average molecular weight is 425 g/mol. The van der Waals surface area contributed by atoms with Crippen LogP contribution in [-0.4, -0.2) is 37.9 Å². The fraction of sp³-hybridized carbons (Fsp3) is 0.409. The van der Waals surface area contributed by atoms with Gasteiger partial charge in [-0.05, 0) is 54.8 Å². The minimum atomic E-state index is 0.189. The van der Waals surface area contributed by atoms with Crippen molar-refractivity contribution >= 4 is 29.0 Å². The number of hydrogen-bond donors (Lipinski definition) is 0. The Kier molecular flexibility index (Phi) is 5.18. The minimum absolute atomic E-state index is 0.189. The van der Waals surface area contributed by atoms with E-state index in [0.29, 0.717) is 11.7 Å². The van der Waals surface area contributed by atoms with Crippen molar-refractivity contribution in [1.29, 1.82) is 0 Å². The number of thiophene rings is 1. The molecule has 3 aromatic rings. The number of nitrogens with zero attached hydrogens (tertiary/aromatic N) is 4. The van der Waals surface area contributed by atoms with Gasteiger partial charge in [0.15, 0.2) is 5.16 Å². The maximum atomic E-state index is 13.1. The molecule has 0 N–H and O–H groups in total. The van der Waals surface area contributed by atoms with Gasteiger partial charge in [-0.1, -0.05) is 36.9 Å². The summed E-state index contributed by atoms with van der Waals surface area (Å²) in [5.74, 6) is 2.11. The molecular weight excluding hydrogens is 400 g/mol. The number of benzene rings is 1. The highest BCUT2D eigenvalue weighted by molar-refractivity contribution is 7.99. The van der Waals surface area contributed by atoms with E-state index in [0.717, 1.165) is 36.1 Å². The third-order valence-electron chi connectivity index (χ3n) is 5.74. The molecule has 7 heteroatoms. The van der Waals surface area contributed by atoms with Gasteiger partial charge in [0.25, 0.3) is 0 Å². The van der Waals surface area contributed by atoms with E-state index in [1.807, 2.05) is 29.5 Å². The Morgan fingerprint density at radius 2 is 2.03 bits per heavy atom. The van der Waals surface area contributed by atoms with Crippen molar-refractivity contribution in [3.8, 4) is 5.69 Å². The van der Waals surface area contributed by atoms with E-state index in [-0.39, 0.29) is 11.9 Å². The van der Waals surface area contributed by atoms with Crippen molar-refractivity contribution in [3.63, 3.8) is 0 Å². The summed E-state index contributed by atoms with van der Waals surface area (Å²) < 4.78 is 2.14.